The summed E-state index contributed by atoms with van der Waals surface area (Å²) in [5.41, 5.74) is 15.9. The van der Waals surface area contributed by atoms with E-state index in [1.807, 2.05) is 0 Å². The highest BCUT2D eigenvalue weighted by Gasteiger charge is 2.36. The van der Waals surface area contributed by atoms with Gasteiger partial charge in [-0.3, -0.25) is 0 Å². The summed E-state index contributed by atoms with van der Waals surface area (Å²) in [7, 11) is 0. The van der Waals surface area contributed by atoms with E-state index in [2.05, 4.69) is 172 Å². The number of rotatable bonds is 2. The Kier molecular flexibility index (Phi) is 5.27. The summed E-state index contributed by atoms with van der Waals surface area (Å²) in [6, 6.07) is 59.4. The van der Waals surface area contributed by atoms with Crippen LogP contribution in [0.3, 0.4) is 0 Å². The van der Waals surface area contributed by atoms with Crippen molar-refractivity contribution >= 4 is 43.1 Å². The molecule has 0 aliphatic heterocycles. The van der Waals surface area contributed by atoms with Crippen molar-refractivity contribution in [2.24, 2.45) is 0 Å². The number of hydrogen-bond acceptors (Lipinski definition) is 0. The Balaban J connectivity index is 1.32. The number of fused-ring (bicyclic) bond motifs is 9. The fourth-order valence-electron chi connectivity index (χ4n) is 9.34. The summed E-state index contributed by atoms with van der Waals surface area (Å²) in [4.78, 5) is 0. The summed E-state index contributed by atoms with van der Waals surface area (Å²) in [5, 5.41) is 10.4. The van der Waals surface area contributed by atoms with Gasteiger partial charge in [0.25, 0.3) is 0 Å². The van der Waals surface area contributed by atoms with E-state index in [1.165, 1.54) is 110 Å². The fourth-order valence-corrected chi connectivity index (χ4v) is 9.34. The van der Waals surface area contributed by atoms with Crippen LogP contribution in [0.1, 0.15) is 25.0 Å². The quantitative estimate of drug-likeness (QED) is 0.169. The maximum absolute atomic E-state index is 2.54. The molecule has 0 unspecified atom stereocenters. The van der Waals surface area contributed by atoms with Crippen molar-refractivity contribution in [2.75, 3.05) is 0 Å². The van der Waals surface area contributed by atoms with E-state index in [9.17, 15) is 0 Å². The SMILES string of the molecule is CC1(C)c2ccccc2-c2cc3c(-c4ccc5c6c(cccc46)-c4ccccc4-5)c4ccccc4c(-c4ccc5ccccc5c4)c3cc21. The Morgan fingerprint density at radius 3 is 1.73 bits per heavy atom. The molecule has 0 heteroatoms. The predicted molar refractivity (Wildman–Crippen MR) is 209 cm³/mol. The third-order valence-corrected chi connectivity index (χ3v) is 11.6. The maximum Gasteiger partial charge on any atom is 0.0159 e. The first-order valence-corrected chi connectivity index (χ1v) is 17.4. The molecule has 0 saturated heterocycles. The van der Waals surface area contributed by atoms with Gasteiger partial charge in [-0.1, -0.05) is 153 Å². The first kappa shape index (κ1) is 27.0. The lowest BCUT2D eigenvalue weighted by molar-refractivity contribution is 0.661. The van der Waals surface area contributed by atoms with Crippen molar-refractivity contribution in [1.82, 2.24) is 0 Å². The molecule has 9 aromatic carbocycles. The van der Waals surface area contributed by atoms with Crippen LogP contribution in [0.2, 0.25) is 0 Å². The maximum atomic E-state index is 2.54. The summed E-state index contributed by atoms with van der Waals surface area (Å²) in [5.74, 6) is 0. The molecule has 0 fully saturated rings. The Morgan fingerprint density at radius 2 is 0.918 bits per heavy atom. The van der Waals surface area contributed by atoms with Gasteiger partial charge >= 0.3 is 0 Å². The molecule has 0 amide bonds. The second-order valence-corrected chi connectivity index (χ2v) is 14.4. The minimum absolute atomic E-state index is 0.0969. The molecule has 0 saturated carbocycles. The molecule has 11 rings (SSSR count). The van der Waals surface area contributed by atoms with E-state index in [0.29, 0.717) is 0 Å². The molecule has 0 atom stereocenters. The van der Waals surface area contributed by atoms with E-state index in [1.54, 1.807) is 0 Å². The van der Waals surface area contributed by atoms with Gasteiger partial charge in [0.1, 0.15) is 0 Å². The van der Waals surface area contributed by atoms with Crippen LogP contribution in [-0.2, 0) is 5.41 Å². The molecule has 0 radical (unpaired) electrons. The Bertz CT molecular complexity index is 2870. The van der Waals surface area contributed by atoms with Crippen molar-refractivity contribution in [1.29, 1.82) is 0 Å². The molecule has 0 heterocycles. The molecule has 0 N–H and O–H groups in total. The molecule has 228 valence electrons. The van der Waals surface area contributed by atoms with Gasteiger partial charge in [0.05, 0.1) is 0 Å². The van der Waals surface area contributed by atoms with Crippen molar-refractivity contribution in [3.63, 3.8) is 0 Å². The second-order valence-electron chi connectivity index (χ2n) is 14.4. The summed E-state index contributed by atoms with van der Waals surface area (Å²) >= 11 is 0. The molecule has 49 heavy (non-hydrogen) atoms. The van der Waals surface area contributed by atoms with Crippen LogP contribution in [-0.4, -0.2) is 0 Å². The van der Waals surface area contributed by atoms with E-state index >= 15 is 0 Å². The van der Waals surface area contributed by atoms with E-state index in [-0.39, 0.29) is 5.41 Å². The van der Waals surface area contributed by atoms with Gasteiger partial charge in [-0.25, -0.2) is 0 Å². The minimum atomic E-state index is -0.0969. The zero-order valence-corrected chi connectivity index (χ0v) is 27.5. The van der Waals surface area contributed by atoms with Gasteiger partial charge in [0.2, 0.25) is 0 Å². The van der Waals surface area contributed by atoms with Crippen molar-refractivity contribution < 1.29 is 0 Å². The lowest BCUT2D eigenvalue weighted by Crippen LogP contribution is -2.14. The highest BCUT2D eigenvalue weighted by molar-refractivity contribution is 6.27. The van der Waals surface area contributed by atoms with Gasteiger partial charge in [-0.15, -0.1) is 0 Å². The van der Waals surface area contributed by atoms with Crippen LogP contribution in [0.25, 0.3) is 98.7 Å². The van der Waals surface area contributed by atoms with Gasteiger partial charge < -0.3 is 0 Å². The largest absolute Gasteiger partial charge is 0.0619 e. The molecular weight excluding hydrogens is 589 g/mol. The zero-order chi connectivity index (χ0) is 32.4. The number of hydrogen-bond donors (Lipinski definition) is 0. The normalized spacial score (nSPS) is 13.7. The van der Waals surface area contributed by atoms with Crippen LogP contribution in [0, 0.1) is 0 Å². The van der Waals surface area contributed by atoms with Crippen LogP contribution < -0.4 is 0 Å². The lowest BCUT2D eigenvalue weighted by atomic mass is 9.79. The molecule has 0 nitrogen and oxygen atoms in total. The highest BCUT2D eigenvalue weighted by Crippen LogP contribution is 2.55. The zero-order valence-electron chi connectivity index (χ0n) is 27.5. The van der Waals surface area contributed by atoms with Crippen molar-refractivity contribution in [3.05, 3.63) is 169 Å². The summed E-state index contributed by atoms with van der Waals surface area (Å²) < 4.78 is 0. The van der Waals surface area contributed by atoms with E-state index in [0.717, 1.165) is 0 Å². The summed E-state index contributed by atoms with van der Waals surface area (Å²) in [6.07, 6.45) is 0. The topological polar surface area (TPSA) is 0 Å². The minimum Gasteiger partial charge on any atom is -0.0619 e. The third-order valence-electron chi connectivity index (χ3n) is 11.6. The van der Waals surface area contributed by atoms with Gasteiger partial charge in [0.15, 0.2) is 0 Å². The van der Waals surface area contributed by atoms with Crippen LogP contribution in [0.15, 0.2) is 158 Å². The molecule has 2 aliphatic carbocycles. The molecule has 2 aliphatic rings. The van der Waals surface area contributed by atoms with Crippen molar-refractivity contribution in [2.45, 2.75) is 19.3 Å². The van der Waals surface area contributed by atoms with Crippen LogP contribution in [0.5, 0.6) is 0 Å². The highest BCUT2D eigenvalue weighted by atomic mass is 14.4. The smallest absolute Gasteiger partial charge is 0.0159 e. The standard InChI is InChI=1S/C49H32/c1-49(2)44-21-10-9-16-34(44)41-27-42-43(28-45(41)49)46(31-23-22-29-12-3-4-13-30(29)26-31)36-17-7-8-18-37(36)48(42)40-25-24-39-33-15-6-5-14-32(33)35-19-11-20-38(40)47(35)39/h3-28H,1-2H3. The van der Waals surface area contributed by atoms with Gasteiger partial charge in [-0.2, -0.15) is 0 Å². The molecule has 0 bridgehead atoms. The average Bonchev–Trinajstić information content (AvgIpc) is 3.59. The monoisotopic (exact) mass is 620 g/mol. The van der Waals surface area contributed by atoms with Crippen LogP contribution in [0.4, 0.5) is 0 Å². The van der Waals surface area contributed by atoms with E-state index in [4.69, 9.17) is 0 Å². The average molecular weight is 621 g/mol. The third kappa shape index (κ3) is 3.53. The number of benzene rings is 9. The van der Waals surface area contributed by atoms with Crippen molar-refractivity contribution in [3.8, 4) is 55.6 Å². The van der Waals surface area contributed by atoms with E-state index < -0.39 is 0 Å². The summed E-state index contributed by atoms with van der Waals surface area (Å²) in [6.45, 7) is 4.78. The first-order valence-electron chi connectivity index (χ1n) is 17.4. The fraction of sp³-hybridized carbons (Fsp3) is 0.0612. The second kappa shape index (κ2) is 9.56. The Labute approximate surface area is 285 Å². The molecule has 9 aromatic rings. The molecule has 0 aromatic heterocycles. The Hall–Kier alpha value is -5.98. The van der Waals surface area contributed by atoms with Gasteiger partial charge in [-0.05, 0) is 128 Å². The first-order chi connectivity index (χ1) is 24.1. The molecular formula is C49H32. The van der Waals surface area contributed by atoms with Gasteiger partial charge in [0, 0.05) is 5.41 Å². The predicted octanol–water partition coefficient (Wildman–Crippen LogP) is 13.6. The lowest BCUT2D eigenvalue weighted by Gasteiger charge is -2.24. The Morgan fingerprint density at radius 1 is 0.327 bits per heavy atom. The van der Waals surface area contributed by atoms with Crippen LogP contribution >= 0.6 is 0 Å². The molecule has 0 spiro atoms.